The summed E-state index contributed by atoms with van der Waals surface area (Å²) in [6, 6.07) is 10.6. The molecule has 25 heavy (non-hydrogen) atoms. The molecule has 2 N–H and O–H groups in total. The summed E-state index contributed by atoms with van der Waals surface area (Å²) >= 11 is 0. The predicted molar refractivity (Wildman–Crippen MR) is 96.7 cm³/mol. The molecular weight excluding hydrogens is 316 g/mol. The zero-order chi connectivity index (χ0) is 17.2. The maximum Gasteiger partial charge on any atom is 0.176 e. The first kappa shape index (κ1) is 16.2. The fourth-order valence-electron chi connectivity index (χ4n) is 3.41. The Kier molecular flexibility index (Phi) is 4.46. The quantitative estimate of drug-likeness (QED) is 0.748. The minimum atomic E-state index is 0.103. The summed E-state index contributed by atoms with van der Waals surface area (Å²) in [6.07, 6.45) is 1.86. The van der Waals surface area contributed by atoms with Gasteiger partial charge in [0, 0.05) is 30.7 Å². The Labute approximate surface area is 147 Å². The number of ether oxygens (including phenoxy) is 1. The molecule has 132 valence electrons. The predicted octanol–water partition coefficient (Wildman–Crippen LogP) is 2.85. The minimum Gasteiger partial charge on any atom is -0.490 e. The lowest BCUT2D eigenvalue weighted by atomic mass is 10.2. The fourth-order valence-corrected chi connectivity index (χ4v) is 3.41. The maximum absolute atomic E-state index is 6.11. The summed E-state index contributed by atoms with van der Waals surface area (Å²) in [6.45, 7) is 7.35. The monoisotopic (exact) mass is 340 g/mol. The van der Waals surface area contributed by atoms with Crippen molar-refractivity contribution in [1.82, 2.24) is 20.4 Å². The van der Waals surface area contributed by atoms with Crippen LogP contribution in [0.2, 0.25) is 0 Å². The maximum atomic E-state index is 6.11. The van der Waals surface area contributed by atoms with Gasteiger partial charge in [-0.05, 0) is 32.0 Å². The van der Waals surface area contributed by atoms with Crippen LogP contribution in [0, 0.1) is 0 Å². The average Bonchev–Trinajstić information content (AvgIpc) is 3.19. The van der Waals surface area contributed by atoms with Gasteiger partial charge >= 0.3 is 0 Å². The molecule has 2 unspecified atom stereocenters. The number of aromatic nitrogens is 2. The molecule has 0 aliphatic carbocycles. The van der Waals surface area contributed by atoms with Crippen molar-refractivity contribution < 1.29 is 9.15 Å². The van der Waals surface area contributed by atoms with Gasteiger partial charge in [-0.15, -0.1) is 0 Å². The van der Waals surface area contributed by atoms with E-state index in [-0.39, 0.29) is 12.1 Å². The standard InChI is InChI=1S/C19H24N4O2/c1-3-24-17-6-4-5-14-9-18(25-19(14)17)13(2)22-15-10-20-11-16-7-8-21-23(16)12-15/h4-9,13,15,20,22H,3,10-12H2,1-2H3. The second kappa shape index (κ2) is 6.90. The lowest BCUT2D eigenvalue weighted by Crippen LogP contribution is -2.40. The highest BCUT2D eigenvalue weighted by atomic mass is 16.5. The van der Waals surface area contributed by atoms with Gasteiger partial charge in [-0.25, -0.2) is 0 Å². The van der Waals surface area contributed by atoms with E-state index in [4.69, 9.17) is 9.15 Å². The third-order valence-corrected chi connectivity index (χ3v) is 4.63. The van der Waals surface area contributed by atoms with Crippen molar-refractivity contribution >= 4 is 11.0 Å². The lowest BCUT2D eigenvalue weighted by Gasteiger charge is -2.21. The molecule has 4 rings (SSSR count). The zero-order valence-corrected chi connectivity index (χ0v) is 14.7. The van der Waals surface area contributed by atoms with E-state index in [0.29, 0.717) is 6.61 Å². The number of para-hydroxylation sites is 1. The Bertz CT molecular complexity index is 854. The van der Waals surface area contributed by atoms with Crippen LogP contribution in [0.3, 0.4) is 0 Å². The highest BCUT2D eigenvalue weighted by Crippen LogP contribution is 2.31. The summed E-state index contributed by atoms with van der Waals surface area (Å²) in [5, 5.41) is 12.6. The van der Waals surface area contributed by atoms with E-state index in [1.165, 1.54) is 5.69 Å². The highest BCUT2D eigenvalue weighted by Gasteiger charge is 2.21. The Hall–Kier alpha value is -2.31. The lowest BCUT2D eigenvalue weighted by molar-refractivity contribution is 0.332. The normalized spacial score (nSPS) is 18.7. The van der Waals surface area contributed by atoms with Crippen LogP contribution in [0.1, 0.15) is 31.3 Å². The molecule has 1 aromatic carbocycles. The van der Waals surface area contributed by atoms with E-state index in [1.807, 2.05) is 25.3 Å². The van der Waals surface area contributed by atoms with Crippen LogP contribution in [0.5, 0.6) is 5.75 Å². The van der Waals surface area contributed by atoms with E-state index in [0.717, 1.165) is 42.1 Å². The van der Waals surface area contributed by atoms with Crippen LogP contribution < -0.4 is 15.4 Å². The second-order valence-electron chi connectivity index (χ2n) is 6.48. The van der Waals surface area contributed by atoms with Crippen molar-refractivity contribution in [3.63, 3.8) is 0 Å². The van der Waals surface area contributed by atoms with Gasteiger partial charge in [0.25, 0.3) is 0 Å². The number of hydrogen-bond acceptors (Lipinski definition) is 5. The number of hydrogen-bond donors (Lipinski definition) is 2. The van der Waals surface area contributed by atoms with Gasteiger partial charge < -0.3 is 19.8 Å². The van der Waals surface area contributed by atoms with Crippen molar-refractivity contribution in [2.24, 2.45) is 0 Å². The summed E-state index contributed by atoms with van der Waals surface area (Å²) in [4.78, 5) is 0. The SMILES string of the molecule is CCOc1cccc2cc(C(C)NC3CNCc4ccnn4C3)oc12. The number of nitrogens with one attached hydrogen (secondary N) is 2. The van der Waals surface area contributed by atoms with Gasteiger partial charge in [-0.2, -0.15) is 5.10 Å². The summed E-state index contributed by atoms with van der Waals surface area (Å²) in [7, 11) is 0. The molecule has 0 saturated carbocycles. The summed E-state index contributed by atoms with van der Waals surface area (Å²) in [5.41, 5.74) is 2.04. The highest BCUT2D eigenvalue weighted by molar-refractivity contribution is 5.83. The van der Waals surface area contributed by atoms with E-state index in [9.17, 15) is 0 Å². The number of fused-ring (bicyclic) bond motifs is 2. The van der Waals surface area contributed by atoms with E-state index < -0.39 is 0 Å². The number of nitrogens with zero attached hydrogens (tertiary/aromatic N) is 2. The molecule has 0 spiro atoms. The van der Waals surface area contributed by atoms with Crippen LogP contribution in [0.15, 0.2) is 40.9 Å². The van der Waals surface area contributed by atoms with Crippen LogP contribution in [-0.4, -0.2) is 29.0 Å². The number of furan rings is 1. The molecule has 0 bridgehead atoms. The van der Waals surface area contributed by atoms with Crippen molar-refractivity contribution in [3.05, 3.63) is 48.0 Å². The molecule has 6 heteroatoms. The molecule has 6 nitrogen and oxygen atoms in total. The largest absolute Gasteiger partial charge is 0.490 e. The molecule has 0 amide bonds. The topological polar surface area (TPSA) is 64.2 Å². The first-order valence-corrected chi connectivity index (χ1v) is 8.87. The van der Waals surface area contributed by atoms with Gasteiger partial charge in [0.2, 0.25) is 0 Å². The van der Waals surface area contributed by atoms with Crippen LogP contribution in [-0.2, 0) is 13.1 Å². The zero-order valence-electron chi connectivity index (χ0n) is 14.7. The molecule has 0 saturated heterocycles. The molecular formula is C19H24N4O2. The fraction of sp³-hybridized carbons (Fsp3) is 0.421. The van der Waals surface area contributed by atoms with Crippen LogP contribution in [0.25, 0.3) is 11.0 Å². The van der Waals surface area contributed by atoms with Gasteiger partial charge in [0.1, 0.15) is 5.76 Å². The average molecular weight is 340 g/mol. The first-order chi connectivity index (χ1) is 12.2. The number of benzene rings is 1. The van der Waals surface area contributed by atoms with Gasteiger partial charge in [0.05, 0.1) is 24.9 Å². The van der Waals surface area contributed by atoms with Gasteiger partial charge in [-0.3, -0.25) is 4.68 Å². The van der Waals surface area contributed by atoms with E-state index in [1.54, 1.807) is 0 Å². The first-order valence-electron chi connectivity index (χ1n) is 8.87. The molecule has 0 fully saturated rings. The van der Waals surface area contributed by atoms with Crippen LogP contribution >= 0.6 is 0 Å². The van der Waals surface area contributed by atoms with Gasteiger partial charge in [-0.1, -0.05) is 12.1 Å². The molecule has 1 aliphatic rings. The molecule has 3 aromatic rings. The van der Waals surface area contributed by atoms with E-state index >= 15 is 0 Å². The smallest absolute Gasteiger partial charge is 0.176 e. The van der Waals surface area contributed by atoms with Crippen molar-refractivity contribution in [2.45, 2.75) is 39.0 Å². The molecule has 2 atom stereocenters. The van der Waals surface area contributed by atoms with Crippen molar-refractivity contribution in [2.75, 3.05) is 13.2 Å². The minimum absolute atomic E-state index is 0.103. The number of rotatable bonds is 5. The Morgan fingerprint density at radius 3 is 3.24 bits per heavy atom. The third kappa shape index (κ3) is 3.27. The van der Waals surface area contributed by atoms with Crippen LogP contribution in [0.4, 0.5) is 0 Å². The second-order valence-corrected chi connectivity index (χ2v) is 6.48. The summed E-state index contributed by atoms with van der Waals surface area (Å²) < 4.78 is 13.8. The third-order valence-electron chi connectivity index (χ3n) is 4.63. The Balaban J connectivity index is 1.52. The molecule has 2 aromatic heterocycles. The molecule has 0 radical (unpaired) electrons. The van der Waals surface area contributed by atoms with Gasteiger partial charge in [0.15, 0.2) is 11.3 Å². The molecule has 1 aliphatic heterocycles. The van der Waals surface area contributed by atoms with Crippen molar-refractivity contribution in [1.29, 1.82) is 0 Å². The Morgan fingerprint density at radius 1 is 1.44 bits per heavy atom. The molecule has 3 heterocycles. The summed E-state index contributed by atoms with van der Waals surface area (Å²) in [5.74, 6) is 1.72. The Morgan fingerprint density at radius 2 is 2.36 bits per heavy atom. The van der Waals surface area contributed by atoms with Crippen molar-refractivity contribution in [3.8, 4) is 5.75 Å². The van der Waals surface area contributed by atoms with E-state index in [2.05, 4.69) is 45.5 Å².